The van der Waals surface area contributed by atoms with Gasteiger partial charge in [0.25, 0.3) is 0 Å². The minimum absolute atomic E-state index is 0.119. The molecule has 0 aliphatic heterocycles. The van der Waals surface area contributed by atoms with Crippen molar-refractivity contribution in [2.75, 3.05) is 23.8 Å². The summed E-state index contributed by atoms with van der Waals surface area (Å²) in [5, 5.41) is 0. The molecule has 2 aromatic rings. The normalized spacial score (nSPS) is 10.0. The van der Waals surface area contributed by atoms with Crippen molar-refractivity contribution in [2.45, 2.75) is 13.5 Å². The van der Waals surface area contributed by atoms with Crippen LogP contribution in [0.3, 0.4) is 0 Å². The Morgan fingerprint density at radius 3 is 2.29 bits per heavy atom. The second-order valence-electron chi connectivity index (χ2n) is 5.02. The fraction of sp³-hybridized carbons (Fsp3) is 0.222. The first-order chi connectivity index (χ1) is 11.6. The summed E-state index contributed by atoms with van der Waals surface area (Å²) in [6, 6.07) is 15.9. The van der Waals surface area contributed by atoms with Crippen molar-refractivity contribution in [3.05, 3.63) is 60.2 Å². The van der Waals surface area contributed by atoms with Crippen LogP contribution < -0.4 is 10.6 Å². The maximum atomic E-state index is 12.4. The number of rotatable bonds is 6. The van der Waals surface area contributed by atoms with Crippen molar-refractivity contribution in [1.82, 2.24) is 0 Å². The maximum Gasteiger partial charge on any atom is 0.415 e. The van der Waals surface area contributed by atoms with Gasteiger partial charge in [0.1, 0.15) is 13.2 Å². The Morgan fingerprint density at radius 1 is 1.00 bits per heavy atom. The highest BCUT2D eigenvalue weighted by Crippen LogP contribution is 2.18. The van der Waals surface area contributed by atoms with E-state index in [0.29, 0.717) is 11.4 Å². The highest BCUT2D eigenvalue weighted by molar-refractivity contribution is 5.93. The summed E-state index contributed by atoms with van der Waals surface area (Å²) in [6.07, 6.45) is -0.628. The number of hydrogen-bond acceptors (Lipinski definition) is 5. The molecule has 0 saturated heterocycles. The molecule has 0 heterocycles. The molecule has 6 nitrogen and oxygen atoms in total. The number of hydrogen-bond donors (Lipinski definition) is 1. The number of nitrogens with zero attached hydrogens (tertiary/aromatic N) is 1. The predicted octanol–water partition coefficient (Wildman–Crippen LogP) is 2.98. The number of carbonyl (C=O) groups is 2. The molecule has 0 saturated carbocycles. The van der Waals surface area contributed by atoms with Crippen LogP contribution in [-0.2, 0) is 20.9 Å². The predicted molar refractivity (Wildman–Crippen MR) is 91.5 cm³/mol. The average Bonchev–Trinajstić information content (AvgIpc) is 2.60. The number of nitrogen functional groups attached to an aromatic ring is 1. The standard InChI is InChI=1S/C18H20N2O4/c1-2-23-17(21)12-20(16-10-8-15(19)9-11-16)18(22)24-13-14-6-4-3-5-7-14/h3-11H,2,12-13,19H2,1H3. The first-order valence-electron chi connectivity index (χ1n) is 7.59. The molecule has 2 aromatic carbocycles. The molecule has 0 atom stereocenters. The summed E-state index contributed by atoms with van der Waals surface area (Å²) in [5.41, 5.74) is 7.59. The van der Waals surface area contributed by atoms with Gasteiger partial charge >= 0.3 is 12.1 Å². The van der Waals surface area contributed by atoms with Crippen molar-refractivity contribution in [1.29, 1.82) is 0 Å². The van der Waals surface area contributed by atoms with Crippen LogP contribution in [0.25, 0.3) is 0 Å². The molecule has 2 N–H and O–H groups in total. The third kappa shape index (κ3) is 5.01. The number of carbonyl (C=O) groups excluding carboxylic acids is 2. The van der Waals surface area contributed by atoms with Gasteiger partial charge in [0.05, 0.1) is 6.61 Å². The lowest BCUT2D eigenvalue weighted by molar-refractivity contribution is -0.141. The van der Waals surface area contributed by atoms with Crippen molar-refractivity contribution in [2.24, 2.45) is 0 Å². The number of ether oxygens (including phenoxy) is 2. The molecule has 0 fully saturated rings. The van der Waals surface area contributed by atoms with Crippen LogP contribution >= 0.6 is 0 Å². The summed E-state index contributed by atoms with van der Waals surface area (Å²) in [4.78, 5) is 25.4. The van der Waals surface area contributed by atoms with Gasteiger partial charge in [-0.05, 0) is 36.8 Å². The highest BCUT2D eigenvalue weighted by Gasteiger charge is 2.21. The zero-order valence-corrected chi connectivity index (χ0v) is 13.5. The van der Waals surface area contributed by atoms with E-state index in [4.69, 9.17) is 15.2 Å². The number of nitrogens with two attached hydrogens (primary N) is 1. The van der Waals surface area contributed by atoms with Crippen LogP contribution in [0.5, 0.6) is 0 Å². The van der Waals surface area contributed by atoms with Crippen LogP contribution in [0.15, 0.2) is 54.6 Å². The average molecular weight is 328 g/mol. The molecule has 0 bridgehead atoms. The first kappa shape index (κ1) is 17.3. The molecule has 6 heteroatoms. The summed E-state index contributed by atoms with van der Waals surface area (Å²) in [7, 11) is 0. The Kier molecular flexibility index (Phi) is 6.19. The third-order valence-electron chi connectivity index (χ3n) is 3.22. The van der Waals surface area contributed by atoms with Gasteiger partial charge in [-0.15, -0.1) is 0 Å². The quantitative estimate of drug-likeness (QED) is 0.651. The Balaban J connectivity index is 2.10. The Morgan fingerprint density at radius 2 is 1.67 bits per heavy atom. The van der Waals surface area contributed by atoms with Gasteiger partial charge in [-0.25, -0.2) is 4.79 Å². The van der Waals surface area contributed by atoms with Gasteiger partial charge in [-0.2, -0.15) is 0 Å². The summed E-state index contributed by atoms with van der Waals surface area (Å²) < 4.78 is 10.2. The van der Waals surface area contributed by atoms with Gasteiger partial charge in [0, 0.05) is 11.4 Å². The Bertz CT molecular complexity index is 671. The van der Waals surface area contributed by atoms with Gasteiger partial charge in [0.2, 0.25) is 0 Å². The molecule has 126 valence electrons. The number of benzene rings is 2. The fourth-order valence-corrected chi connectivity index (χ4v) is 2.05. The minimum Gasteiger partial charge on any atom is -0.465 e. The van der Waals surface area contributed by atoms with Crippen molar-refractivity contribution < 1.29 is 19.1 Å². The van der Waals surface area contributed by atoms with E-state index < -0.39 is 12.1 Å². The van der Waals surface area contributed by atoms with E-state index in [1.165, 1.54) is 4.90 Å². The monoisotopic (exact) mass is 328 g/mol. The Labute approximate surface area is 140 Å². The smallest absolute Gasteiger partial charge is 0.415 e. The SMILES string of the molecule is CCOC(=O)CN(C(=O)OCc1ccccc1)c1ccc(N)cc1. The lowest BCUT2D eigenvalue weighted by Crippen LogP contribution is -2.37. The van der Waals surface area contributed by atoms with Crippen molar-refractivity contribution in [3.8, 4) is 0 Å². The number of anilines is 2. The van der Waals surface area contributed by atoms with E-state index in [9.17, 15) is 9.59 Å². The first-order valence-corrected chi connectivity index (χ1v) is 7.59. The molecule has 2 rings (SSSR count). The summed E-state index contributed by atoms with van der Waals surface area (Å²) in [6.45, 7) is 1.84. The minimum atomic E-state index is -0.628. The van der Waals surface area contributed by atoms with E-state index in [1.807, 2.05) is 30.3 Å². The fourth-order valence-electron chi connectivity index (χ4n) is 2.05. The van der Waals surface area contributed by atoms with Crippen LogP contribution in [0, 0.1) is 0 Å². The number of amides is 1. The van der Waals surface area contributed by atoms with Gasteiger partial charge < -0.3 is 15.2 Å². The van der Waals surface area contributed by atoms with E-state index in [1.54, 1.807) is 31.2 Å². The molecule has 0 aliphatic rings. The second-order valence-corrected chi connectivity index (χ2v) is 5.02. The van der Waals surface area contributed by atoms with Crippen molar-refractivity contribution in [3.63, 3.8) is 0 Å². The van der Waals surface area contributed by atoms with Crippen LogP contribution in [0.2, 0.25) is 0 Å². The number of esters is 1. The molecule has 1 amide bonds. The van der Waals surface area contributed by atoms with Crippen LogP contribution in [0.4, 0.5) is 16.2 Å². The molecule has 0 aromatic heterocycles. The highest BCUT2D eigenvalue weighted by atomic mass is 16.6. The topological polar surface area (TPSA) is 81.9 Å². The molecule has 0 unspecified atom stereocenters. The van der Waals surface area contributed by atoms with Crippen LogP contribution in [0.1, 0.15) is 12.5 Å². The maximum absolute atomic E-state index is 12.4. The Hall–Kier alpha value is -3.02. The van der Waals surface area contributed by atoms with E-state index in [2.05, 4.69) is 0 Å². The van der Waals surface area contributed by atoms with Gasteiger partial charge in [-0.1, -0.05) is 30.3 Å². The second kappa shape index (κ2) is 8.57. The summed E-state index contributed by atoms with van der Waals surface area (Å²) in [5.74, 6) is -0.508. The molecule has 0 aliphatic carbocycles. The molecular weight excluding hydrogens is 308 g/mol. The van der Waals surface area contributed by atoms with Crippen LogP contribution in [-0.4, -0.2) is 25.2 Å². The largest absolute Gasteiger partial charge is 0.465 e. The molecule has 0 spiro atoms. The molecule has 0 radical (unpaired) electrons. The van der Waals surface area contributed by atoms with Gasteiger partial charge in [-0.3, -0.25) is 9.69 Å². The summed E-state index contributed by atoms with van der Waals surface area (Å²) >= 11 is 0. The lowest BCUT2D eigenvalue weighted by Gasteiger charge is -2.21. The third-order valence-corrected chi connectivity index (χ3v) is 3.22. The van der Waals surface area contributed by atoms with Crippen molar-refractivity contribution >= 4 is 23.4 Å². The zero-order chi connectivity index (χ0) is 17.4. The van der Waals surface area contributed by atoms with E-state index >= 15 is 0 Å². The van der Waals surface area contributed by atoms with Gasteiger partial charge in [0.15, 0.2) is 0 Å². The van der Waals surface area contributed by atoms with E-state index in [0.717, 1.165) is 5.56 Å². The van der Waals surface area contributed by atoms with E-state index in [-0.39, 0.29) is 19.8 Å². The zero-order valence-electron chi connectivity index (χ0n) is 13.5. The molecular formula is C18H20N2O4. The molecule has 24 heavy (non-hydrogen) atoms. The lowest BCUT2D eigenvalue weighted by atomic mass is 10.2.